The second kappa shape index (κ2) is 5.10. The molecule has 2 N–H and O–H groups in total. The Bertz CT molecular complexity index is 784. The number of anilines is 1. The van der Waals surface area contributed by atoms with Gasteiger partial charge in [-0.3, -0.25) is 0 Å². The number of fused-ring (bicyclic) bond motifs is 1. The van der Waals surface area contributed by atoms with Gasteiger partial charge in [-0.05, 0) is 23.9 Å². The largest absolute Gasteiger partial charge is 0.368 e. The van der Waals surface area contributed by atoms with Crippen LogP contribution in [-0.4, -0.2) is 9.97 Å². The molecule has 0 aliphatic rings. The predicted octanol–water partition coefficient (Wildman–Crippen LogP) is 4.09. The molecule has 3 nitrogen and oxygen atoms in total. The van der Waals surface area contributed by atoms with Crippen molar-refractivity contribution in [3.05, 3.63) is 53.2 Å². The van der Waals surface area contributed by atoms with Gasteiger partial charge < -0.3 is 5.73 Å². The highest BCUT2D eigenvalue weighted by molar-refractivity contribution is 6.36. The smallest absolute Gasteiger partial charge is 0.220 e. The van der Waals surface area contributed by atoms with Gasteiger partial charge in [0.1, 0.15) is 0 Å². The topological polar surface area (TPSA) is 51.8 Å². The molecule has 0 fully saturated rings. The van der Waals surface area contributed by atoms with E-state index in [1.807, 2.05) is 49.4 Å². The summed E-state index contributed by atoms with van der Waals surface area (Å²) in [5, 5.41) is 2.82. The second-order valence-corrected chi connectivity index (χ2v) is 5.00. The molecule has 0 atom stereocenters. The highest BCUT2D eigenvalue weighted by atomic mass is 35.5. The van der Waals surface area contributed by atoms with Crippen LogP contribution < -0.4 is 5.73 Å². The summed E-state index contributed by atoms with van der Waals surface area (Å²) in [5.74, 6) is 0.304. The first kappa shape index (κ1) is 12.9. The predicted molar refractivity (Wildman–Crippen MR) is 83.8 cm³/mol. The number of aromatic nitrogens is 2. The fourth-order valence-corrected chi connectivity index (χ4v) is 2.55. The number of benzene rings is 2. The van der Waals surface area contributed by atoms with Crippen molar-refractivity contribution in [2.45, 2.75) is 13.3 Å². The number of nitrogen functional groups attached to an aromatic ring is 1. The molecule has 0 saturated heterocycles. The van der Waals surface area contributed by atoms with Gasteiger partial charge in [0.05, 0.1) is 5.69 Å². The molecule has 20 heavy (non-hydrogen) atoms. The molecule has 4 heteroatoms. The molecule has 0 aliphatic carbocycles. The van der Waals surface area contributed by atoms with Gasteiger partial charge in [0.15, 0.2) is 0 Å². The summed E-state index contributed by atoms with van der Waals surface area (Å²) >= 11 is 6.25. The Kier molecular flexibility index (Phi) is 3.28. The van der Waals surface area contributed by atoms with Crippen molar-refractivity contribution in [3.8, 4) is 11.3 Å². The molecule has 0 aliphatic heterocycles. The summed E-state index contributed by atoms with van der Waals surface area (Å²) in [4.78, 5) is 8.57. The Labute approximate surface area is 122 Å². The van der Waals surface area contributed by atoms with Crippen molar-refractivity contribution < 1.29 is 0 Å². The summed E-state index contributed by atoms with van der Waals surface area (Å²) in [5.41, 5.74) is 8.59. The molecule has 0 unspecified atom stereocenters. The van der Waals surface area contributed by atoms with Gasteiger partial charge in [0.25, 0.3) is 0 Å². The van der Waals surface area contributed by atoms with Gasteiger partial charge >= 0.3 is 0 Å². The van der Waals surface area contributed by atoms with Gasteiger partial charge in [0, 0.05) is 21.7 Å². The highest BCUT2D eigenvalue weighted by Crippen LogP contribution is 2.32. The van der Waals surface area contributed by atoms with Crippen LogP contribution >= 0.6 is 11.6 Å². The molecule has 0 saturated carbocycles. The van der Waals surface area contributed by atoms with Crippen LogP contribution in [0.25, 0.3) is 22.0 Å². The minimum atomic E-state index is 0.304. The molecule has 1 heterocycles. The van der Waals surface area contributed by atoms with E-state index >= 15 is 0 Å². The van der Waals surface area contributed by atoms with Gasteiger partial charge in [-0.25, -0.2) is 9.97 Å². The van der Waals surface area contributed by atoms with E-state index in [0.29, 0.717) is 5.95 Å². The maximum Gasteiger partial charge on any atom is 0.220 e. The first-order valence-electron chi connectivity index (χ1n) is 6.50. The molecule has 0 amide bonds. The summed E-state index contributed by atoms with van der Waals surface area (Å²) in [7, 11) is 0. The Morgan fingerprint density at radius 2 is 1.80 bits per heavy atom. The zero-order chi connectivity index (χ0) is 14.1. The normalized spacial score (nSPS) is 10.9. The number of nitrogens with zero attached hydrogens (tertiary/aromatic N) is 2. The average molecular weight is 284 g/mol. The van der Waals surface area contributed by atoms with E-state index in [9.17, 15) is 0 Å². The second-order valence-electron chi connectivity index (χ2n) is 4.60. The maximum atomic E-state index is 6.25. The monoisotopic (exact) mass is 283 g/mol. The number of hydrogen-bond donors (Lipinski definition) is 1. The molecule has 1 aromatic heterocycles. The van der Waals surface area contributed by atoms with Crippen LogP contribution in [0.3, 0.4) is 0 Å². The van der Waals surface area contributed by atoms with Crippen LogP contribution in [0.1, 0.15) is 12.6 Å². The van der Waals surface area contributed by atoms with E-state index in [-0.39, 0.29) is 0 Å². The zero-order valence-corrected chi connectivity index (χ0v) is 11.9. The Hall–Kier alpha value is -2.13. The summed E-state index contributed by atoms with van der Waals surface area (Å²) in [6.07, 6.45) is 0.825. The molecule has 0 bridgehead atoms. The van der Waals surface area contributed by atoms with Gasteiger partial charge in [-0.2, -0.15) is 0 Å². The Morgan fingerprint density at radius 3 is 2.55 bits per heavy atom. The van der Waals surface area contributed by atoms with Crippen LogP contribution in [0.15, 0.2) is 42.5 Å². The molecule has 0 radical (unpaired) electrons. The zero-order valence-electron chi connectivity index (χ0n) is 11.1. The van der Waals surface area contributed by atoms with Crippen LogP contribution in [0.4, 0.5) is 5.95 Å². The van der Waals surface area contributed by atoms with E-state index in [2.05, 4.69) is 9.97 Å². The lowest BCUT2D eigenvalue weighted by Crippen LogP contribution is -2.00. The molecular weight excluding hydrogens is 270 g/mol. The summed E-state index contributed by atoms with van der Waals surface area (Å²) in [6, 6.07) is 13.9. The van der Waals surface area contributed by atoms with E-state index in [1.165, 1.54) is 0 Å². The van der Waals surface area contributed by atoms with Crippen molar-refractivity contribution in [2.24, 2.45) is 0 Å². The third-order valence-corrected chi connectivity index (χ3v) is 3.64. The van der Waals surface area contributed by atoms with E-state index < -0.39 is 0 Å². The third kappa shape index (κ3) is 2.21. The maximum absolute atomic E-state index is 6.25. The van der Waals surface area contributed by atoms with Crippen molar-refractivity contribution >= 4 is 28.3 Å². The Balaban J connectivity index is 2.30. The molecule has 3 aromatic rings. The van der Waals surface area contributed by atoms with Crippen LogP contribution in [-0.2, 0) is 6.42 Å². The standard InChI is InChI=1S/C16H14ClN3/c1-2-10-9-15(20-16(18)19-10)13-7-8-14(17)12-6-4-3-5-11(12)13/h3-9H,2H2,1H3,(H2,18,19,20). The van der Waals surface area contributed by atoms with Crippen LogP contribution in [0, 0.1) is 0 Å². The van der Waals surface area contributed by atoms with Gasteiger partial charge in [-0.1, -0.05) is 48.9 Å². The molecular formula is C16H14ClN3. The molecule has 0 spiro atoms. The first-order valence-corrected chi connectivity index (χ1v) is 6.88. The van der Waals surface area contributed by atoms with E-state index in [0.717, 1.165) is 39.2 Å². The van der Waals surface area contributed by atoms with Crippen LogP contribution in [0.2, 0.25) is 5.02 Å². The number of halogens is 1. The number of hydrogen-bond acceptors (Lipinski definition) is 3. The SMILES string of the molecule is CCc1cc(-c2ccc(Cl)c3ccccc23)nc(N)n1. The lowest BCUT2D eigenvalue weighted by atomic mass is 10.0. The minimum absolute atomic E-state index is 0.304. The molecule has 100 valence electrons. The molecule has 3 rings (SSSR count). The van der Waals surface area contributed by atoms with E-state index in [4.69, 9.17) is 17.3 Å². The highest BCUT2D eigenvalue weighted by Gasteiger charge is 2.09. The average Bonchev–Trinajstić information content (AvgIpc) is 2.47. The molecule has 2 aromatic carbocycles. The fourth-order valence-electron chi connectivity index (χ4n) is 2.32. The van der Waals surface area contributed by atoms with Crippen molar-refractivity contribution in [1.29, 1.82) is 0 Å². The number of rotatable bonds is 2. The van der Waals surface area contributed by atoms with Crippen molar-refractivity contribution in [3.63, 3.8) is 0 Å². The Morgan fingerprint density at radius 1 is 1.05 bits per heavy atom. The van der Waals surface area contributed by atoms with Crippen molar-refractivity contribution in [1.82, 2.24) is 9.97 Å². The number of aryl methyl sites for hydroxylation is 1. The van der Waals surface area contributed by atoms with Gasteiger partial charge in [0.2, 0.25) is 5.95 Å². The quantitative estimate of drug-likeness (QED) is 0.770. The third-order valence-electron chi connectivity index (χ3n) is 3.31. The summed E-state index contributed by atoms with van der Waals surface area (Å²) < 4.78 is 0. The van der Waals surface area contributed by atoms with Gasteiger partial charge in [-0.15, -0.1) is 0 Å². The van der Waals surface area contributed by atoms with Crippen LogP contribution in [0.5, 0.6) is 0 Å². The lowest BCUT2D eigenvalue weighted by Gasteiger charge is -2.09. The minimum Gasteiger partial charge on any atom is -0.368 e. The summed E-state index contributed by atoms with van der Waals surface area (Å²) in [6.45, 7) is 2.05. The first-order chi connectivity index (χ1) is 9.69. The lowest BCUT2D eigenvalue weighted by molar-refractivity contribution is 1.01. The van der Waals surface area contributed by atoms with Crippen molar-refractivity contribution in [2.75, 3.05) is 5.73 Å². The number of nitrogens with two attached hydrogens (primary N) is 1. The van der Waals surface area contributed by atoms with E-state index in [1.54, 1.807) is 0 Å². The fraction of sp³-hybridized carbons (Fsp3) is 0.125.